The number of H-pyrrole nitrogens is 2. The van der Waals surface area contributed by atoms with Gasteiger partial charge in [0.2, 0.25) is 11.8 Å². The number of nitrogen functional groups attached to an aromatic ring is 2. The molecule has 0 saturated carbocycles. The molecule has 10 N–H and O–H groups in total. The minimum atomic E-state index is -0.453. The number of fused-ring (bicyclic) bond motifs is 2. The molecule has 80 heavy (non-hydrogen) atoms. The molecule has 2 heterocycles. The summed E-state index contributed by atoms with van der Waals surface area (Å²) in [5.41, 5.74) is 22.0. The zero-order chi connectivity index (χ0) is 60.3. The first-order valence-electron chi connectivity index (χ1n) is 28.2. The standard InChI is InChI=1S/2C22H32N2O2.2C8H9NO.C2H6.CH5N.3HI.V/c2*1-3-4-5-6-7-8-9-14-22(26)24-21(17(2)25)15-18-16-23-20-13-11-10-12-19(18)20;2*1-6(10)7-4-2-3-5-8(7)9;2*1-2;;;;/h2*10-13,16,21,23H,3-9,14-15H2,1-2H3,(H,24,26);2*2-5H,9H2,1H3;1-2H3;2H2,1H3;3*1H;/q;;;;;;;;;+3/p-3. The SMILES string of the molecule is CC.CC(=O)c1ccccc1N.CC(=O)c1ccccc1N.CCCCCCCCCC(=O)NC(Cc1c[nH]c2ccccc12)C(C)=O.CCCCCCCCCC(=O)NC(Cc1c[nH]c2ccccc12)C(C)=O.CN.[I][V]([I])[I]. The number of aromatic amines is 2. The van der Waals surface area contributed by atoms with Crippen LogP contribution in [0.25, 0.3) is 21.8 Å². The van der Waals surface area contributed by atoms with Crippen molar-refractivity contribution in [2.24, 2.45) is 5.73 Å². The van der Waals surface area contributed by atoms with Crippen LogP contribution in [-0.2, 0) is 36.9 Å². The zero-order valence-corrected chi connectivity index (χ0v) is 56.9. The molecule has 2 aromatic heterocycles. The second-order valence-electron chi connectivity index (χ2n) is 18.8. The van der Waals surface area contributed by atoms with Crippen molar-refractivity contribution in [1.82, 2.24) is 20.6 Å². The van der Waals surface area contributed by atoms with Gasteiger partial charge in [-0.15, -0.1) is 0 Å². The van der Waals surface area contributed by atoms with Crippen LogP contribution < -0.4 is 27.8 Å². The number of carbonyl (C=O) groups is 6. The van der Waals surface area contributed by atoms with Gasteiger partial charge in [-0.2, -0.15) is 0 Å². The third-order valence-corrected chi connectivity index (χ3v) is 12.5. The molecule has 17 heteroatoms. The van der Waals surface area contributed by atoms with Gasteiger partial charge in [0.25, 0.3) is 0 Å². The molecule has 0 aliphatic carbocycles. The molecule has 0 radical (unpaired) electrons. The number of Topliss-reactive ketones (excluding diaryl/α,β-unsaturated/α-hetero) is 4. The molecule has 4 aromatic carbocycles. The van der Waals surface area contributed by atoms with Crippen molar-refractivity contribution in [3.05, 3.63) is 132 Å². The molecule has 0 aliphatic rings. The second kappa shape index (κ2) is 47.4. The van der Waals surface area contributed by atoms with E-state index in [1.807, 2.05) is 86.9 Å². The number of unbranched alkanes of at least 4 members (excludes halogenated alkanes) is 12. The quantitative estimate of drug-likeness (QED) is 0.0118. The predicted octanol–water partition coefficient (Wildman–Crippen LogP) is 16.0. The van der Waals surface area contributed by atoms with Gasteiger partial charge in [0.15, 0.2) is 23.1 Å². The van der Waals surface area contributed by atoms with Gasteiger partial charge in [-0.1, -0.05) is 165 Å². The van der Waals surface area contributed by atoms with Crippen LogP contribution >= 0.6 is 59.9 Å². The fourth-order valence-electron chi connectivity index (χ4n) is 8.29. The van der Waals surface area contributed by atoms with Crippen molar-refractivity contribution >= 4 is 128 Å². The number of aromatic nitrogens is 2. The van der Waals surface area contributed by atoms with Crippen LogP contribution in [0.4, 0.5) is 11.4 Å². The summed E-state index contributed by atoms with van der Waals surface area (Å²) >= 11 is 7.39. The summed E-state index contributed by atoms with van der Waals surface area (Å²) in [4.78, 5) is 76.2. The average molecular weight is 1480 g/mol. The number of hydrogen-bond donors (Lipinski definition) is 7. The number of nitrogens with one attached hydrogen (secondary N) is 4. The molecule has 0 aliphatic heterocycles. The zero-order valence-electron chi connectivity index (χ0n) is 49.0. The molecule has 6 aromatic rings. The summed E-state index contributed by atoms with van der Waals surface area (Å²) in [6.45, 7) is 14.5. The van der Waals surface area contributed by atoms with E-state index in [1.165, 1.54) is 85.1 Å². The Morgan fingerprint density at radius 1 is 0.475 bits per heavy atom. The van der Waals surface area contributed by atoms with E-state index in [9.17, 15) is 28.8 Å². The number of halogens is 3. The number of carbonyl (C=O) groups excluding carboxylic acids is 6. The number of rotatable bonds is 26. The van der Waals surface area contributed by atoms with Gasteiger partial charge >= 0.3 is 64.9 Å². The van der Waals surface area contributed by atoms with E-state index in [0.29, 0.717) is 48.2 Å². The Hall–Kier alpha value is -4.09. The molecule has 2 unspecified atom stereocenters. The van der Waals surface area contributed by atoms with E-state index in [0.717, 1.165) is 58.6 Å². The fraction of sp³-hybridized carbons (Fsp3) is 0.460. The molecule has 0 bridgehead atoms. The van der Waals surface area contributed by atoms with Gasteiger partial charge in [0, 0.05) is 82.4 Å². The van der Waals surface area contributed by atoms with Gasteiger partial charge in [0.05, 0.1) is 12.1 Å². The Morgan fingerprint density at radius 3 is 1.05 bits per heavy atom. The predicted molar refractivity (Wildman–Crippen MR) is 360 cm³/mol. The first kappa shape index (κ1) is 75.9. The summed E-state index contributed by atoms with van der Waals surface area (Å²) < 4.78 is 0. The van der Waals surface area contributed by atoms with E-state index < -0.39 is 12.1 Å². The van der Waals surface area contributed by atoms with E-state index in [1.54, 1.807) is 50.2 Å². The normalized spacial score (nSPS) is 10.9. The summed E-state index contributed by atoms with van der Waals surface area (Å²) in [6, 6.07) is 29.2. The number of benzene rings is 4. The molecule has 0 saturated heterocycles. The number of para-hydroxylation sites is 4. The second-order valence-corrected chi connectivity index (χ2v) is 54.2. The van der Waals surface area contributed by atoms with Crippen molar-refractivity contribution in [3.63, 3.8) is 0 Å². The Bertz CT molecular complexity index is 2500. The van der Waals surface area contributed by atoms with E-state index >= 15 is 0 Å². The Kier molecular flexibility index (Phi) is 45.0. The molecule has 0 fully saturated rings. The molecule has 0 spiro atoms. The Balaban J connectivity index is 0.00000107. The first-order valence-corrected chi connectivity index (χ1v) is 41.7. The van der Waals surface area contributed by atoms with Crippen LogP contribution in [0.5, 0.6) is 0 Å². The van der Waals surface area contributed by atoms with E-state index in [4.69, 9.17) is 11.5 Å². The van der Waals surface area contributed by atoms with Crippen LogP contribution in [0, 0.1) is 0 Å². The number of ketones is 4. The first-order chi connectivity index (χ1) is 38.4. The number of amides is 2. The van der Waals surface area contributed by atoms with Gasteiger partial charge in [-0.3, -0.25) is 28.8 Å². The Labute approximate surface area is 516 Å². The van der Waals surface area contributed by atoms with Crippen molar-refractivity contribution in [3.8, 4) is 0 Å². The van der Waals surface area contributed by atoms with Crippen molar-refractivity contribution < 1.29 is 33.7 Å². The van der Waals surface area contributed by atoms with Gasteiger partial charge < -0.3 is 37.8 Å². The third kappa shape index (κ3) is 33.7. The Morgan fingerprint density at radius 2 is 0.762 bits per heavy atom. The van der Waals surface area contributed by atoms with Crippen molar-refractivity contribution in [2.75, 3.05) is 18.5 Å². The minimum absolute atomic E-state index is 0.00296. The van der Waals surface area contributed by atoms with Crippen LogP contribution in [0.2, 0.25) is 0 Å². The summed E-state index contributed by atoms with van der Waals surface area (Å²) in [5.74, 6) is -0.000192. The van der Waals surface area contributed by atoms with Crippen molar-refractivity contribution in [2.45, 2.75) is 183 Å². The number of anilines is 2. The van der Waals surface area contributed by atoms with Crippen LogP contribution in [0.1, 0.15) is 190 Å². The van der Waals surface area contributed by atoms with Crippen LogP contribution in [0.15, 0.2) is 109 Å². The molecule has 13 nitrogen and oxygen atoms in total. The fourth-order valence-corrected chi connectivity index (χ4v) is 8.29. The summed E-state index contributed by atoms with van der Waals surface area (Å²) in [7, 11) is 1.50. The van der Waals surface area contributed by atoms with E-state index in [-0.39, 0.29) is 39.9 Å². The molecule has 2 amide bonds. The maximum atomic E-state index is 12.2. The number of hydrogen-bond acceptors (Lipinski definition) is 9. The van der Waals surface area contributed by atoms with E-state index in [2.05, 4.69) is 100 Å². The monoisotopic (exact) mass is 1480 g/mol. The molecular weight excluding hydrogens is 1380 g/mol. The van der Waals surface area contributed by atoms with Crippen LogP contribution in [-0.4, -0.2) is 64.0 Å². The van der Waals surface area contributed by atoms with Crippen LogP contribution in [0.3, 0.4) is 0 Å². The summed E-state index contributed by atoms with van der Waals surface area (Å²) in [5, 5.41) is 8.08. The average Bonchev–Trinajstić information content (AvgIpc) is 4.05. The van der Waals surface area contributed by atoms with Gasteiger partial charge in [0.1, 0.15) is 0 Å². The van der Waals surface area contributed by atoms with Crippen molar-refractivity contribution in [1.29, 1.82) is 0 Å². The topological polar surface area (TPSA) is 236 Å². The molecule has 2 atom stereocenters. The molecule has 6 rings (SSSR count). The van der Waals surface area contributed by atoms with Gasteiger partial charge in [-0.25, -0.2) is 0 Å². The summed E-state index contributed by atoms with van der Waals surface area (Å²) in [6.07, 6.45) is 22.5. The molecular formula is C63H93I3N7O6V. The molecule has 442 valence electrons. The number of nitrogens with two attached hydrogens (primary N) is 3. The van der Waals surface area contributed by atoms with Gasteiger partial charge in [-0.05, 0) is 95.1 Å². The third-order valence-electron chi connectivity index (χ3n) is 12.5. The maximum absolute atomic E-state index is 12.2.